The van der Waals surface area contributed by atoms with Gasteiger partial charge in [-0.25, -0.2) is 0 Å². The second-order valence-corrected chi connectivity index (χ2v) is 12.2. The molecular weight excluding hydrogens is 671 g/mol. The van der Waals surface area contributed by atoms with E-state index < -0.39 is 22.0 Å². The molecule has 1 unspecified atom stereocenters. The summed E-state index contributed by atoms with van der Waals surface area (Å²) in [5.41, 5.74) is 2.28. The number of halogens is 2. The number of nitrogens with one attached hydrogen (secondary N) is 3. The highest BCUT2D eigenvalue weighted by Gasteiger charge is 2.23. The topological polar surface area (TPSA) is 130 Å². The van der Waals surface area contributed by atoms with Crippen molar-refractivity contribution in [1.29, 1.82) is 0 Å². The number of hydrogen-bond donors (Lipinski definition) is 3. The fourth-order valence-corrected chi connectivity index (χ4v) is 5.92. The number of nitro benzene ring substituents is 1. The van der Waals surface area contributed by atoms with Crippen LogP contribution in [0.25, 0.3) is 6.08 Å². The molecule has 0 fully saturated rings. The van der Waals surface area contributed by atoms with Crippen molar-refractivity contribution >= 4 is 75.8 Å². The number of nitrogens with zero attached hydrogens (tertiary/aromatic N) is 1. The molecule has 0 saturated carbocycles. The highest BCUT2D eigenvalue weighted by Crippen LogP contribution is 2.37. The Morgan fingerprint density at radius 3 is 2.04 bits per heavy atom. The van der Waals surface area contributed by atoms with E-state index in [-0.39, 0.29) is 17.3 Å². The third-order valence-electron chi connectivity index (χ3n) is 6.84. The summed E-state index contributed by atoms with van der Waals surface area (Å²) < 4.78 is 0. The number of amides is 3. The first-order chi connectivity index (χ1) is 23.2. The highest BCUT2D eigenvalue weighted by atomic mass is 35.5. The van der Waals surface area contributed by atoms with Crippen molar-refractivity contribution < 1.29 is 19.3 Å². The summed E-state index contributed by atoms with van der Waals surface area (Å²) in [6.45, 7) is 0. The number of non-ortho nitro benzene ring substituents is 1. The second-order valence-electron chi connectivity index (χ2n) is 10.2. The van der Waals surface area contributed by atoms with Gasteiger partial charge in [0.15, 0.2) is 0 Å². The minimum atomic E-state index is -0.636. The number of anilines is 2. The SMILES string of the molecule is O=C(Nc1ccc(SC(C(=O)Nc2ccc(Cl)cc2Cl)c2ccccc2)cc1)/C(=C/c1ccc([N+](=O)[O-])cc1)NC(=O)c1ccccc1. The number of thioether (sulfide) groups is 1. The van der Waals surface area contributed by atoms with Gasteiger partial charge in [-0.05, 0) is 83.9 Å². The van der Waals surface area contributed by atoms with Crippen molar-refractivity contribution in [3.63, 3.8) is 0 Å². The molecule has 9 nitrogen and oxygen atoms in total. The number of carbonyl (C=O) groups excluding carboxylic acids is 3. The van der Waals surface area contributed by atoms with Gasteiger partial charge < -0.3 is 16.0 Å². The van der Waals surface area contributed by atoms with Gasteiger partial charge in [-0.2, -0.15) is 0 Å². The average Bonchev–Trinajstić information content (AvgIpc) is 3.09. The van der Waals surface area contributed by atoms with E-state index in [9.17, 15) is 24.5 Å². The minimum absolute atomic E-state index is 0.0715. The monoisotopic (exact) mass is 696 g/mol. The Bertz CT molecular complexity index is 1970. The van der Waals surface area contributed by atoms with Crippen molar-refractivity contribution in [2.75, 3.05) is 10.6 Å². The van der Waals surface area contributed by atoms with Gasteiger partial charge in [0.1, 0.15) is 10.9 Å². The lowest BCUT2D eigenvalue weighted by Gasteiger charge is -2.18. The normalized spacial score (nSPS) is 11.7. The maximum absolute atomic E-state index is 13.5. The number of benzene rings is 5. The molecule has 0 bridgehead atoms. The molecule has 0 aliphatic carbocycles. The number of hydrogen-bond acceptors (Lipinski definition) is 6. The van der Waals surface area contributed by atoms with Gasteiger partial charge in [0.25, 0.3) is 17.5 Å². The molecule has 0 radical (unpaired) electrons. The van der Waals surface area contributed by atoms with Crippen LogP contribution < -0.4 is 16.0 Å². The predicted molar refractivity (Wildman–Crippen MR) is 190 cm³/mol. The fourth-order valence-electron chi connectivity index (χ4n) is 4.44. The minimum Gasteiger partial charge on any atom is -0.323 e. The van der Waals surface area contributed by atoms with Gasteiger partial charge in [0, 0.05) is 33.3 Å². The van der Waals surface area contributed by atoms with Crippen LogP contribution in [0.4, 0.5) is 17.1 Å². The molecular formula is C36H26Cl2N4O5S. The predicted octanol–water partition coefficient (Wildman–Crippen LogP) is 8.78. The Kier molecular flexibility index (Phi) is 11.3. The third kappa shape index (κ3) is 9.10. The Labute approximate surface area is 290 Å². The van der Waals surface area contributed by atoms with E-state index in [1.165, 1.54) is 42.1 Å². The van der Waals surface area contributed by atoms with Gasteiger partial charge in [-0.3, -0.25) is 24.5 Å². The quantitative estimate of drug-likeness (QED) is 0.0548. The van der Waals surface area contributed by atoms with E-state index in [1.807, 2.05) is 30.3 Å². The highest BCUT2D eigenvalue weighted by molar-refractivity contribution is 8.00. The maximum Gasteiger partial charge on any atom is 0.272 e. The molecule has 48 heavy (non-hydrogen) atoms. The first-order valence-electron chi connectivity index (χ1n) is 14.4. The first-order valence-corrected chi connectivity index (χ1v) is 16.0. The third-order valence-corrected chi connectivity index (χ3v) is 8.65. The number of nitro groups is 1. The Morgan fingerprint density at radius 1 is 0.771 bits per heavy atom. The van der Waals surface area contributed by atoms with Crippen molar-refractivity contribution in [2.24, 2.45) is 0 Å². The maximum atomic E-state index is 13.5. The summed E-state index contributed by atoms with van der Waals surface area (Å²) in [4.78, 5) is 51.2. The number of carbonyl (C=O) groups is 3. The Balaban J connectivity index is 1.34. The summed E-state index contributed by atoms with van der Waals surface area (Å²) in [5, 5.41) is 19.5. The number of rotatable bonds is 11. The summed E-state index contributed by atoms with van der Waals surface area (Å²) in [6, 6.07) is 35.0. The summed E-state index contributed by atoms with van der Waals surface area (Å²) in [5.74, 6) is -1.40. The van der Waals surface area contributed by atoms with E-state index in [0.717, 1.165) is 10.5 Å². The van der Waals surface area contributed by atoms with Crippen LogP contribution in [-0.2, 0) is 9.59 Å². The zero-order valence-corrected chi connectivity index (χ0v) is 27.3. The van der Waals surface area contributed by atoms with E-state index in [1.54, 1.807) is 72.8 Å². The Hall–Kier alpha value is -5.42. The molecule has 0 spiro atoms. The van der Waals surface area contributed by atoms with Gasteiger partial charge >= 0.3 is 0 Å². The van der Waals surface area contributed by atoms with E-state index in [0.29, 0.717) is 32.5 Å². The summed E-state index contributed by atoms with van der Waals surface area (Å²) in [6.07, 6.45) is 1.43. The molecule has 3 N–H and O–H groups in total. The van der Waals surface area contributed by atoms with Crippen LogP contribution in [0.3, 0.4) is 0 Å². The molecule has 5 aromatic rings. The van der Waals surface area contributed by atoms with Crippen LogP contribution in [0.15, 0.2) is 138 Å². The van der Waals surface area contributed by atoms with Gasteiger partial charge in [0.05, 0.1) is 15.6 Å². The molecule has 240 valence electrons. The fraction of sp³-hybridized carbons (Fsp3) is 0.0278. The van der Waals surface area contributed by atoms with Crippen molar-refractivity contribution in [2.45, 2.75) is 10.1 Å². The molecule has 1 atom stereocenters. The van der Waals surface area contributed by atoms with Crippen LogP contribution >= 0.6 is 35.0 Å². The van der Waals surface area contributed by atoms with E-state index >= 15 is 0 Å². The first kappa shape index (κ1) is 33.9. The molecule has 0 aliphatic rings. The summed E-state index contributed by atoms with van der Waals surface area (Å²) in [7, 11) is 0. The molecule has 0 aromatic heterocycles. The summed E-state index contributed by atoms with van der Waals surface area (Å²) >= 11 is 13.6. The van der Waals surface area contributed by atoms with Crippen molar-refractivity contribution in [1.82, 2.24) is 5.32 Å². The molecule has 0 heterocycles. The van der Waals surface area contributed by atoms with E-state index in [4.69, 9.17) is 23.2 Å². The standard InChI is InChI=1S/C36H26Cl2N4O5S/c37-26-13-20-31(30(38)22-26)40-36(45)33(24-7-3-1-4-8-24)48-29-18-14-27(15-19-29)39-35(44)32(41-34(43)25-9-5-2-6-10-25)21-23-11-16-28(17-12-23)42(46)47/h1-22,33H,(H,39,44)(H,40,45)(H,41,43)/b32-21-. The lowest BCUT2D eigenvalue weighted by molar-refractivity contribution is -0.384. The van der Waals surface area contributed by atoms with Gasteiger partial charge in [0.2, 0.25) is 5.91 Å². The van der Waals surface area contributed by atoms with Crippen LogP contribution in [-0.4, -0.2) is 22.6 Å². The van der Waals surface area contributed by atoms with Gasteiger partial charge in [-0.1, -0.05) is 71.7 Å². The van der Waals surface area contributed by atoms with Gasteiger partial charge in [-0.15, -0.1) is 11.8 Å². The average molecular weight is 698 g/mol. The molecule has 5 rings (SSSR count). The zero-order chi connectivity index (χ0) is 34.0. The smallest absolute Gasteiger partial charge is 0.272 e. The molecule has 0 saturated heterocycles. The van der Waals surface area contributed by atoms with Crippen LogP contribution in [0.1, 0.15) is 26.7 Å². The van der Waals surface area contributed by atoms with Crippen LogP contribution in [0.5, 0.6) is 0 Å². The van der Waals surface area contributed by atoms with Crippen molar-refractivity contribution in [3.8, 4) is 0 Å². The van der Waals surface area contributed by atoms with Crippen molar-refractivity contribution in [3.05, 3.63) is 170 Å². The lowest BCUT2D eigenvalue weighted by atomic mass is 10.1. The Morgan fingerprint density at radius 2 is 1.42 bits per heavy atom. The lowest BCUT2D eigenvalue weighted by Crippen LogP contribution is -2.30. The van der Waals surface area contributed by atoms with Crippen LogP contribution in [0.2, 0.25) is 10.0 Å². The molecule has 0 aliphatic heterocycles. The molecule has 12 heteroatoms. The largest absolute Gasteiger partial charge is 0.323 e. The molecule has 5 aromatic carbocycles. The zero-order valence-electron chi connectivity index (χ0n) is 24.9. The van der Waals surface area contributed by atoms with E-state index in [2.05, 4.69) is 16.0 Å². The molecule has 3 amide bonds. The van der Waals surface area contributed by atoms with Crippen LogP contribution in [0, 0.1) is 10.1 Å². The second kappa shape index (κ2) is 15.9.